The van der Waals surface area contributed by atoms with Crippen molar-refractivity contribution in [2.75, 3.05) is 0 Å². The molecule has 37 heavy (non-hydrogen) atoms. The molecule has 4 rings (SSSR count). The quantitative estimate of drug-likeness (QED) is 0.174. The second kappa shape index (κ2) is 15.0. The van der Waals surface area contributed by atoms with E-state index in [1.54, 1.807) is 0 Å². The predicted molar refractivity (Wildman–Crippen MR) is 162 cm³/mol. The molecule has 0 heteroatoms. The summed E-state index contributed by atoms with van der Waals surface area (Å²) in [5.74, 6) is 8.53. The lowest BCUT2D eigenvalue weighted by molar-refractivity contribution is 0.302. The van der Waals surface area contributed by atoms with Crippen LogP contribution in [0.15, 0.2) is 60.7 Å². The van der Waals surface area contributed by atoms with E-state index in [9.17, 15) is 0 Å². The van der Waals surface area contributed by atoms with Gasteiger partial charge in [0.05, 0.1) is 0 Å². The van der Waals surface area contributed by atoms with Crippen LogP contribution in [-0.4, -0.2) is 0 Å². The fraction of sp³-hybridized carbons (Fsp3) is 0.514. The molecule has 196 valence electrons. The molecule has 0 aliphatic heterocycles. The first-order valence-corrected chi connectivity index (χ1v) is 15.4. The Hall–Kier alpha value is -2.52. The Morgan fingerprint density at radius 3 is 1.97 bits per heavy atom. The number of benzene rings is 3. The molecule has 0 heterocycles. The summed E-state index contributed by atoms with van der Waals surface area (Å²) in [6, 6.07) is 22.7. The normalized spacial score (nSPS) is 17.5. The molecule has 0 spiro atoms. The Morgan fingerprint density at radius 2 is 1.22 bits per heavy atom. The molecule has 0 bridgehead atoms. The smallest absolute Gasteiger partial charge is 0.0255 e. The van der Waals surface area contributed by atoms with Crippen molar-refractivity contribution in [2.24, 2.45) is 5.92 Å². The summed E-state index contributed by atoms with van der Waals surface area (Å²) in [5, 5.41) is 2.62. The third-order valence-corrected chi connectivity index (χ3v) is 8.52. The Labute approximate surface area is 227 Å². The number of rotatable bonds is 12. The SMILES string of the molecule is CCCCCCCc1ccc2cc(C#Cc3ccc([C@H]4CC[C@H](CCCCCC)CC4)cc3)ccc2c1. The van der Waals surface area contributed by atoms with Crippen molar-refractivity contribution in [3.63, 3.8) is 0 Å². The number of fused-ring (bicyclic) bond motifs is 1. The summed E-state index contributed by atoms with van der Waals surface area (Å²) in [6.07, 6.45) is 20.5. The van der Waals surface area contributed by atoms with Crippen LogP contribution in [0.4, 0.5) is 0 Å². The Morgan fingerprint density at radius 1 is 0.595 bits per heavy atom. The molecule has 1 fully saturated rings. The average molecular weight is 493 g/mol. The highest BCUT2D eigenvalue weighted by Gasteiger charge is 2.21. The summed E-state index contributed by atoms with van der Waals surface area (Å²) >= 11 is 0. The van der Waals surface area contributed by atoms with Crippen molar-refractivity contribution < 1.29 is 0 Å². The molecule has 3 aromatic rings. The van der Waals surface area contributed by atoms with Gasteiger partial charge in [-0.15, -0.1) is 0 Å². The van der Waals surface area contributed by atoms with Crippen LogP contribution in [-0.2, 0) is 6.42 Å². The molecule has 1 aliphatic rings. The van der Waals surface area contributed by atoms with E-state index in [1.165, 1.54) is 118 Å². The van der Waals surface area contributed by atoms with E-state index in [4.69, 9.17) is 0 Å². The number of aryl methyl sites for hydroxylation is 1. The molecule has 0 saturated heterocycles. The van der Waals surface area contributed by atoms with Crippen LogP contribution >= 0.6 is 0 Å². The maximum atomic E-state index is 3.40. The minimum atomic E-state index is 0.746. The van der Waals surface area contributed by atoms with E-state index in [0.717, 1.165) is 23.0 Å². The van der Waals surface area contributed by atoms with Crippen molar-refractivity contribution in [2.45, 2.75) is 116 Å². The minimum absolute atomic E-state index is 0.746. The van der Waals surface area contributed by atoms with Gasteiger partial charge in [-0.1, -0.05) is 120 Å². The topological polar surface area (TPSA) is 0 Å². The molecule has 0 nitrogen and oxygen atoms in total. The van der Waals surface area contributed by atoms with Gasteiger partial charge in [0.1, 0.15) is 0 Å². The van der Waals surface area contributed by atoms with E-state index in [2.05, 4.69) is 86.4 Å². The number of hydrogen-bond acceptors (Lipinski definition) is 0. The highest BCUT2D eigenvalue weighted by Crippen LogP contribution is 2.37. The minimum Gasteiger partial charge on any atom is -0.0654 e. The first kappa shape index (κ1) is 27.5. The fourth-order valence-electron chi connectivity index (χ4n) is 6.09. The molecule has 0 N–H and O–H groups in total. The van der Waals surface area contributed by atoms with Crippen molar-refractivity contribution in [1.29, 1.82) is 0 Å². The van der Waals surface area contributed by atoms with Crippen LogP contribution in [0.5, 0.6) is 0 Å². The Balaban J connectivity index is 1.28. The number of unbranched alkanes of at least 4 members (excludes halogenated alkanes) is 7. The fourth-order valence-corrected chi connectivity index (χ4v) is 6.09. The lowest BCUT2D eigenvalue weighted by atomic mass is 9.77. The zero-order chi connectivity index (χ0) is 25.7. The van der Waals surface area contributed by atoms with Gasteiger partial charge < -0.3 is 0 Å². The summed E-state index contributed by atoms with van der Waals surface area (Å²) in [6.45, 7) is 4.58. The molecule has 0 radical (unpaired) electrons. The van der Waals surface area contributed by atoms with Crippen molar-refractivity contribution in [3.8, 4) is 11.8 Å². The van der Waals surface area contributed by atoms with Crippen molar-refractivity contribution in [1.82, 2.24) is 0 Å². The summed E-state index contributed by atoms with van der Waals surface area (Å²) in [5.41, 5.74) is 5.19. The molecule has 0 amide bonds. The highest BCUT2D eigenvalue weighted by molar-refractivity contribution is 5.84. The maximum absolute atomic E-state index is 3.40. The molecule has 0 atom stereocenters. The molecule has 3 aromatic carbocycles. The van der Waals surface area contributed by atoms with E-state index in [-0.39, 0.29) is 0 Å². The van der Waals surface area contributed by atoms with Gasteiger partial charge in [-0.2, -0.15) is 0 Å². The van der Waals surface area contributed by atoms with E-state index >= 15 is 0 Å². The Kier molecular flexibility index (Phi) is 11.2. The third-order valence-electron chi connectivity index (χ3n) is 8.52. The van der Waals surface area contributed by atoms with Crippen molar-refractivity contribution in [3.05, 3.63) is 82.9 Å². The van der Waals surface area contributed by atoms with Crippen LogP contribution in [0, 0.1) is 17.8 Å². The molecular formula is C37H48. The van der Waals surface area contributed by atoms with Crippen LogP contribution in [0.1, 0.15) is 132 Å². The number of hydrogen-bond donors (Lipinski definition) is 0. The van der Waals surface area contributed by atoms with Crippen molar-refractivity contribution >= 4 is 10.8 Å². The Bertz CT molecular complexity index is 1130. The predicted octanol–water partition coefficient (Wildman–Crippen LogP) is 11.0. The zero-order valence-electron chi connectivity index (χ0n) is 23.5. The van der Waals surface area contributed by atoms with Gasteiger partial charge in [0, 0.05) is 11.1 Å². The van der Waals surface area contributed by atoms with E-state index in [1.807, 2.05) is 0 Å². The lowest BCUT2D eigenvalue weighted by Crippen LogP contribution is -2.13. The summed E-state index contributed by atoms with van der Waals surface area (Å²) in [7, 11) is 0. The van der Waals surface area contributed by atoms with Gasteiger partial charge in [0.15, 0.2) is 0 Å². The summed E-state index contributed by atoms with van der Waals surface area (Å²) < 4.78 is 0. The molecular weight excluding hydrogens is 444 g/mol. The second-order valence-electron chi connectivity index (χ2n) is 11.5. The lowest BCUT2D eigenvalue weighted by Gasteiger charge is -2.29. The molecule has 1 aliphatic carbocycles. The van der Waals surface area contributed by atoms with Gasteiger partial charge >= 0.3 is 0 Å². The van der Waals surface area contributed by atoms with Crippen LogP contribution in [0.25, 0.3) is 10.8 Å². The third kappa shape index (κ3) is 8.78. The molecule has 1 saturated carbocycles. The van der Waals surface area contributed by atoms with Crippen LogP contribution in [0.3, 0.4) is 0 Å². The molecule has 0 unspecified atom stereocenters. The van der Waals surface area contributed by atoms with Crippen LogP contribution < -0.4 is 0 Å². The van der Waals surface area contributed by atoms with E-state index in [0.29, 0.717) is 0 Å². The standard InChI is InChI=1S/C37H48/c1-3-5-7-9-11-13-32-20-26-37-29-33(21-27-36(37)28-32)15-14-31-18-24-35(25-19-31)34-22-16-30(17-23-34)12-10-8-6-4-2/h18-21,24-30,34H,3-13,16-17,22-23H2,1-2H3/t30-,34-. The maximum Gasteiger partial charge on any atom is 0.0255 e. The van der Waals surface area contributed by atoms with Gasteiger partial charge in [-0.05, 0) is 96.5 Å². The van der Waals surface area contributed by atoms with Gasteiger partial charge in [0.25, 0.3) is 0 Å². The van der Waals surface area contributed by atoms with Gasteiger partial charge in [-0.3, -0.25) is 0 Å². The largest absolute Gasteiger partial charge is 0.0654 e. The zero-order valence-corrected chi connectivity index (χ0v) is 23.5. The first-order valence-electron chi connectivity index (χ1n) is 15.4. The monoisotopic (exact) mass is 492 g/mol. The average Bonchev–Trinajstić information content (AvgIpc) is 2.95. The van der Waals surface area contributed by atoms with Crippen LogP contribution in [0.2, 0.25) is 0 Å². The van der Waals surface area contributed by atoms with E-state index < -0.39 is 0 Å². The second-order valence-corrected chi connectivity index (χ2v) is 11.5. The molecule has 0 aromatic heterocycles. The highest BCUT2D eigenvalue weighted by atomic mass is 14.3. The van der Waals surface area contributed by atoms with Gasteiger partial charge in [0.2, 0.25) is 0 Å². The summed E-state index contributed by atoms with van der Waals surface area (Å²) in [4.78, 5) is 0. The van der Waals surface area contributed by atoms with Gasteiger partial charge in [-0.25, -0.2) is 0 Å². The first-order chi connectivity index (χ1) is 18.2.